The van der Waals surface area contributed by atoms with Crippen molar-refractivity contribution in [2.24, 2.45) is 5.41 Å². The number of nitrogen functional groups attached to an aromatic ring is 1. The summed E-state index contributed by atoms with van der Waals surface area (Å²) < 4.78 is 18.0. The zero-order valence-electron chi connectivity index (χ0n) is 15.8. The van der Waals surface area contributed by atoms with Crippen LogP contribution in [0.1, 0.15) is 59.1 Å². The van der Waals surface area contributed by atoms with Gasteiger partial charge in [0.15, 0.2) is 12.5 Å². The number of ether oxygens (including phenoxy) is 3. The van der Waals surface area contributed by atoms with Gasteiger partial charge in [-0.05, 0) is 25.3 Å². The monoisotopic (exact) mass is 367 g/mol. The summed E-state index contributed by atoms with van der Waals surface area (Å²) in [5, 5.41) is 0. The minimum Gasteiger partial charge on any atom is -0.460 e. The molecule has 1 aliphatic rings. The molecular weight excluding hydrogens is 338 g/mol. The molecule has 26 heavy (non-hydrogen) atoms. The number of unbranched alkanes of at least 4 members (excludes halogenated alkanes) is 1. The van der Waals surface area contributed by atoms with Crippen LogP contribution in [0.3, 0.4) is 0 Å². The van der Waals surface area contributed by atoms with Crippen molar-refractivity contribution < 1.29 is 19.0 Å². The average molecular weight is 367 g/mol. The van der Waals surface area contributed by atoms with Crippen molar-refractivity contribution in [3.8, 4) is 0 Å². The van der Waals surface area contributed by atoms with Gasteiger partial charge in [0.25, 0.3) is 0 Å². The SMILES string of the molecule is CCCCC(CC)(CC)C(=O)OC[C@H]1OC[C@@H](n2ccc(N)nc2=O)O1. The van der Waals surface area contributed by atoms with E-state index in [-0.39, 0.29) is 25.0 Å². The highest BCUT2D eigenvalue weighted by molar-refractivity contribution is 5.76. The van der Waals surface area contributed by atoms with E-state index in [0.29, 0.717) is 0 Å². The Kier molecular flexibility index (Phi) is 7.16. The van der Waals surface area contributed by atoms with Gasteiger partial charge in [0.1, 0.15) is 12.4 Å². The number of nitrogens with zero attached hydrogens (tertiary/aromatic N) is 2. The van der Waals surface area contributed by atoms with E-state index in [4.69, 9.17) is 19.9 Å². The minimum atomic E-state index is -0.703. The van der Waals surface area contributed by atoms with Crippen LogP contribution in [-0.2, 0) is 19.0 Å². The van der Waals surface area contributed by atoms with E-state index in [0.717, 1.165) is 32.1 Å². The lowest BCUT2D eigenvalue weighted by molar-refractivity contribution is -0.171. The van der Waals surface area contributed by atoms with Gasteiger partial charge in [-0.15, -0.1) is 0 Å². The Morgan fingerprint density at radius 2 is 2.15 bits per heavy atom. The molecule has 146 valence electrons. The summed E-state index contributed by atoms with van der Waals surface area (Å²) in [5.41, 5.74) is 4.52. The second kappa shape index (κ2) is 9.14. The van der Waals surface area contributed by atoms with Gasteiger partial charge < -0.3 is 19.9 Å². The number of hydrogen-bond donors (Lipinski definition) is 1. The Labute approximate surface area is 153 Å². The summed E-state index contributed by atoms with van der Waals surface area (Å²) in [6.45, 7) is 6.31. The molecule has 8 heteroatoms. The molecular formula is C18H29N3O5. The Morgan fingerprint density at radius 3 is 2.77 bits per heavy atom. The standard InChI is InChI=1S/C18H29N3O5/c1-4-7-9-18(5-2,6-3)16(22)25-12-15-24-11-14(26-15)21-10-8-13(19)20-17(21)23/h8,10,14-15H,4-7,9,11-12H2,1-3H3,(H2,19,20,23)/t14-,15-/m0/s1. The van der Waals surface area contributed by atoms with Crippen LogP contribution in [0, 0.1) is 5.41 Å². The fraction of sp³-hybridized carbons (Fsp3) is 0.722. The molecule has 0 spiro atoms. The third-order valence-electron chi connectivity index (χ3n) is 5.04. The summed E-state index contributed by atoms with van der Waals surface area (Å²) in [4.78, 5) is 28.1. The maximum atomic E-state index is 12.6. The molecule has 1 saturated heterocycles. The van der Waals surface area contributed by atoms with Crippen LogP contribution in [-0.4, -0.2) is 35.0 Å². The first-order valence-corrected chi connectivity index (χ1v) is 9.24. The van der Waals surface area contributed by atoms with Crippen LogP contribution in [0.5, 0.6) is 0 Å². The van der Waals surface area contributed by atoms with E-state index in [1.165, 1.54) is 16.8 Å². The molecule has 2 N–H and O–H groups in total. The lowest BCUT2D eigenvalue weighted by atomic mass is 9.78. The van der Waals surface area contributed by atoms with Gasteiger partial charge in [0, 0.05) is 6.20 Å². The van der Waals surface area contributed by atoms with Gasteiger partial charge in [-0.3, -0.25) is 9.36 Å². The Morgan fingerprint density at radius 1 is 1.42 bits per heavy atom. The summed E-state index contributed by atoms with van der Waals surface area (Å²) in [5.74, 6) is -0.0592. The van der Waals surface area contributed by atoms with Crippen molar-refractivity contribution >= 4 is 11.8 Å². The molecule has 1 aromatic rings. The number of nitrogens with two attached hydrogens (primary N) is 1. The second-order valence-corrected chi connectivity index (χ2v) is 6.59. The van der Waals surface area contributed by atoms with E-state index < -0.39 is 23.6 Å². The number of rotatable bonds is 9. The zero-order valence-corrected chi connectivity index (χ0v) is 15.8. The van der Waals surface area contributed by atoms with E-state index in [1.54, 1.807) is 0 Å². The van der Waals surface area contributed by atoms with Crippen LogP contribution in [0.15, 0.2) is 17.1 Å². The molecule has 1 aromatic heterocycles. The molecule has 0 aliphatic carbocycles. The average Bonchev–Trinajstić information content (AvgIpc) is 3.10. The molecule has 0 bridgehead atoms. The summed E-state index contributed by atoms with van der Waals surface area (Å²) in [6.07, 6.45) is 4.52. The number of anilines is 1. The Balaban J connectivity index is 1.92. The predicted molar refractivity (Wildman–Crippen MR) is 96.3 cm³/mol. The largest absolute Gasteiger partial charge is 0.460 e. The Bertz CT molecular complexity index is 656. The first-order valence-electron chi connectivity index (χ1n) is 9.24. The molecule has 0 unspecified atom stereocenters. The van der Waals surface area contributed by atoms with Gasteiger partial charge in [-0.2, -0.15) is 4.98 Å². The first kappa shape index (κ1) is 20.4. The van der Waals surface area contributed by atoms with Gasteiger partial charge in [0.05, 0.1) is 12.0 Å². The number of aromatic nitrogens is 2. The summed E-state index contributed by atoms with van der Waals surface area (Å²) in [6, 6.07) is 1.52. The summed E-state index contributed by atoms with van der Waals surface area (Å²) >= 11 is 0. The predicted octanol–water partition coefficient (Wildman–Crippen LogP) is 2.24. The molecule has 0 radical (unpaired) electrons. The molecule has 0 aromatic carbocycles. The van der Waals surface area contributed by atoms with Crippen LogP contribution < -0.4 is 11.4 Å². The van der Waals surface area contributed by atoms with E-state index >= 15 is 0 Å². The normalized spacial score (nSPS) is 20.3. The Hall–Kier alpha value is -1.93. The van der Waals surface area contributed by atoms with Crippen molar-refractivity contribution in [1.29, 1.82) is 0 Å². The minimum absolute atomic E-state index is 0.000357. The first-order chi connectivity index (χ1) is 12.5. The molecule has 2 atom stereocenters. The van der Waals surface area contributed by atoms with E-state index in [2.05, 4.69) is 11.9 Å². The fourth-order valence-corrected chi connectivity index (χ4v) is 3.13. The number of carbonyl (C=O) groups excluding carboxylic acids is 1. The summed E-state index contributed by atoms with van der Waals surface area (Å²) in [7, 11) is 0. The molecule has 0 saturated carbocycles. The topological polar surface area (TPSA) is 106 Å². The van der Waals surface area contributed by atoms with Crippen molar-refractivity contribution in [3.05, 3.63) is 22.7 Å². The van der Waals surface area contributed by atoms with Crippen molar-refractivity contribution in [2.45, 2.75) is 65.4 Å². The molecule has 0 amide bonds. The van der Waals surface area contributed by atoms with Crippen LogP contribution in [0.25, 0.3) is 0 Å². The highest BCUT2D eigenvalue weighted by atomic mass is 16.7. The van der Waals surface area contributed by atoms with Gasteiger partial charge in [-0.1, -0.05) is 33.6 Å². The van der Waals surface area contributed by atoms with Gasteiger partial charge >= 0.3 is 11.7 Å². The molecule has 2 heterocycles. The molecule has 1 fully saturated rings. The lowest BCUT2D eigenvalue weighted by Gasteiger charge is -2.29. The van der Waals surface area contributed by atoms with Crippen molar-refractivity contribution in [2.75, 3.05) is 18.9 Å². The molecule has 8 nitrogen and oxygen atoms in total. The van der Waals surface area contributed by atoms with Crippen LogP contribution >= 0.6 is 0 Å². The number of carbonyl (C=O) groups is 1. The number of hydrogen-bond acceptors (Lipinski definition) is 7. The molecule has 1 aliphatic heterocycles. The third kappa shape index (κ3) is 4.62. The second-order valence-electron chi connectivity index (χ2n) is 6.59. The van der Waals surface area contributed by atoms with E-state index in [9.17, 15) is 9.59 Å². The quantitative estimate of drug-likeness (QED) is 0.667. The third-order valence-corrected chi connectivity index (χ3v) is 5.04. The van der Waals surface area contributed by atoms with Gasteiger partial charge in [-0.25, -0.2) is 4.79 Å². The molecule has 2 rings (SSSR count). The van der Waals surface area contributed by atoms with Crippen molar-refractivity contribution in [1.82, 2.24) is 9.55 Å². The smallest absolute Gasteiger partial charge is 0.351 e. The fourth-order valence-electron chi connectivity index (χ4n) is 3.13. The highest BCUT2D eigenvalue weighted by Gasteiger charge is 2.37. The van der Waals surface area contributed by atoms with Gasteiger partial charge in [0.2, 0.25) is 0 Å². The maximum Gasteiger partial charge on any atom is 0.351 e. The van der Waals surface area contributed by atoms with Crippen LogP contribution in [0.2, 0.25) is 0 Å². The zero-order chi connectivity index (χ0) is 19.2. The van der Waals surface area contributed by atoms with Crippen molar-refractivity contribution in [3.63, 3.8) is 0 Å². The lowest BCUT2D eigenvalue weighted by Crippen LogP contribution is -2.34. The van der Waals surface area contributed by atoms with E-state index in [1.807, 2.05) is 13.8 Å². The highest BCUT2D eigenvalue weighted by Crippen LogP contribution is 2.34. The van der Waals surface area contributed by atoms with Crippen LogP contribution in [0.4, 0.5) is 5.82 Å². The number of esters is 1. The maximum absolute atomic E-state index is 12.6.